The van der Waals surface area contributed by atoms with Crippen molar-refractivity contribution < 1.29 is 50.9 Å². The van der Waals surface area contributed by atoms with E-state index in [1.807, 2.05) is 48.1 Å². The van der Waals surface area contributed by atoms with Crippen LogP contribution >= 0.6 is 23.2 Å². The van der Waals surface area contributed by atoms with Crippen molar-refractivity contribution in [1.82, 2.24) is 4.98 Å². The van der Waals surface area contributed by atoms with Crippen LogP contribution < -0.4 is 67.3 Å². The molecule has 4 N–H and O–H groups in total. The number of aromatic nitrogens is 4. The summed E-state index contributed by atoms with van der Waals surface area (Å²) in [5.74, 6) is 1.04. The van der Waals surface area contributed by atoms with Crippen LogP contribution in [0.4, 0.5) is 17.1 Å². The van der Waals surface area contributed by atoms with E-state index in [1.165, 1.54) is 0 Å². The molecular weight excluding hydrogens is 540 g/mol. The van der Waals surface area contributed by atoms with Crippen LogP contribution in [0.1, 0.15) is 0 Å². The third-order valence-corrected chi connectivity index (χ3v) is 5.50. The number of nitrogens with two attached hydrogens (primary N) is 2. The first-order chi connectivity index (χ1) is 14.8. The fraction of sp³-hybridized carbons (Fsp3) is 0.0909. The SMILES string of the molecule is CN(C)c1cc[n+](-c2c(Cl)c(-[n+]3ccc(N)cc3)nc(-[n+]3ccc(N)cc3)c2Cl)cc1.[Cl-].[Cl-].[Cl-]. The van der Waals surface area contributed by atoms with Crippen molar-refractivity contribution in [3.63, 3.8) is 0 Å². The van der Waals surface area contributed by atoms with E-state index >= 15 is 0 Å². The van der Waals surface area contributed by atoms with Gasteiger partial charge in [0.05, 0.1) is 24.8 Å². The number of nitrogens with zero attached hydrogens (tertiary/aromatic N) is 5. The Labute approximate surface area is 226 Å². The predicted molar refractivity (Wildman–Crippen MR) is 122 cm³/mol. The summed E-state index contributed by atoms with van der Waals surface area (Å²) in [6.45, 7) is 0. The highest BCUT2D eigenvalue weighted by atomic mass is 35.5. The minimum Gasteiger partial charge on any atom is -1.00 e. The summed E-state index contributed by atoms with van der Waals surface area (Å²) in [5, 5.41) is 0.810. The minimum absolute atomic E-state index is 0. The molecule has 0 fully saturated rings. The Kier molecular flexibility index (Phi) is 10.6. The predicted octanol–water partition coefficient (Wildman–Crippen LogP) is -6.54. The van der Waals surface area contributed by atoms with Gasteiger partial charge in [0.15, 0.2) is 12.4 Å². The lowest BCUT2D eigenvalue weighted by Crippen LogP contribution is -3.00. The van der Waals surface area contributed by atoms with Gasteiger partial charge in [-0.1, -0.05) is 23.2 Å². The van der Waals surface area contributed by atoms with Gasteiger partial charge in [0.25, 0.3) is 5.69 Å². The largest absolute Gasteiger partial charge is 1.00 e. The molecule has 0 spiro atoms. The fourth-order valence-corrected chi connectivity index (χ4v) is 3.81. The van der Waals surface area contributed by atoms with Crippen molar-refractivity contribution in [2.75, 3.05) is 30.5 Å². The summed E-state index contributed by atoms with van der Waals surface area (Å²) >= 11 is 13.7. The Morgan fingerprint density at radius 2 is 1.00 bits per heavy atom. The molecule has 0 saturated heterocycles. The molecular formula is C22H22Cl5N7. The second kappa shape index (κ2) is 12.2. The van der Waals surface area contributed by atoms with Crippen LogP contribution in [0.15, 0.2) is 73.6 Å². The van der Waals surface area contributed by atoms with E-state index in [0.717, 1.165) is 5.69 Å². The summed E-state index contributed by atoms with van der Waals surface area (Å²) in [6, 6.07) is 11.1. The first kappa shape index (κ1) is 29.5. The molecule has 4 aromatic heterocycles. The van der Waals surface area contributed by atoms with Crippen molar-refractivity contribution in [1.29, 1.82) is 0 Å². The average molecular weight is 562 g/mol. The molecule has 0 amide bonds. The summed E-state index contributed by atoms with van der Waals surface area (Å²) in [7, 11) is 3.97. The third-order valence-electron chi connectivity index (χ3n) is 4.81. The normalized spacial score (nSPS) is 9.88. The molecule has 0 atom stereocenters. The lowest BCUT2D eigenvalue weighted by Gasteiger charge is -2.11. The van der Waals surface area contributed by atoms with E-state index in [0.29, 0.717) is 38.7 Å². The highest BCUT2D eigenvalue weighted by Gasteiger charge is 2.34. The average Bonchev–Trinajstić information content (AvgIpc) is 2.76. The van der Waals surface area contributed by atoms with Gasteiger partial charge in [-0.05, 0) is 0 Å². The molecule has 0 unspecified atom stereocenters. The fourth-order valence-electron chi connectivity index (χ4n) is 3.10. The van der Waals surface area contributed by atoms with Gasteiger partial charge in [0, 0.05) is 72.5 Å². The molecule has 4 heterocycles. The molecule has 180 valence electrons. The van der Waals surface area contributed by atoms with Crippen LogP contribution in [-0.2, 0) is 0 Å². The molecule has 0 bridgehead atoms. The number of halogens is 5. The molecule has 4 aromatic rings. The standard InChI is InChI=1S/C22H20Cl2N7.3ClH/c1-28(2)17-7-13-29(14-8-17)20-18(23)21(30-9-3-15(25)4-10-30)27-22(19(20)24)31-11-5-16(26)6-12-31;;;/h3-14,25-26H,1-2H3;3*1H/q+1;;;/p-1. The van der Waals surface area contributed by atoms with Gasteiger partial charge < -0.3 is 53.6 Å². The zero-order valence-corrected chi connectivity index (χ0v) is 22.0. The van der Waals surface area contributed by atoms with Crippen LogP contribution in [0.3, 0.4) is 0 Å². The Bertz CT molecular complexity index is 1160. The maximum atomic E-state index is 6.85. The monoisotopic (exact) mass is 559 g/mol. The maximum Gasteiger partial charge on any atom is 0.358 e. The van der Waals surface area contributed by atoms with Crippen LogP contribution in [0.25, 0.3) is 17.3 Å². The number of nitrogen functional groups attached to an aromatic ring is 2. The lowest BCUT2D eigenvalue weighted by atomic mass is 10.3. The smallest absolute Gasteiger partial charge is 0.358 e. The highest BCUT2D eigenvalue weighted by Crippen LogP contribution is 2.30. The molecule has 4 rings (SSSR count). The molecule has 0 radical (unpaired) electrons. The quantitative estimate of drug-likeness (QED) is 0.243. The number of pyridine rings is 4. The second-order valence-corrected chi connectivity index (χ2v) is 7.93. The van der Waals surface area contributed by atoms with E-state index in [2.05, 4.69) is 0 Å². The molecule has 7 nitrogen and oxygen atoms in total. The third kappa shape index (κ3) is 5.92. The van der Waals surface area contributed by atoms with Crippen LogP contribution in [0, 0.1) is 0 Å². The molecule has 0 aromatic carbocycles. The first-order valence-corrected chi connectivity index (χ1v) is 10.2. The summed E-state index contributed by atoms with van der Waals surface area (Å²) in [5.41, 5.74) is 14.7. The molecule has 0 aliphatic carbocycles. The summed E-state index contributed by atoms with van der Waals surface area (Å²) in [6.07, 6.45) is 11.0. The Morgan fingerprint density at radius 1 is 0.647 bits per heavy atom. The van der Waals surface area contributed by atoms with Crippen molar-refractivity contribution in [3.05, 3.63) is 83.6 Å². The molecule has 0 aliphatic rings. The number of anilines is 3. The highest BCUT2D eigenvalue weighted by molar-refractivity contribution is 6.38. The van der Waals surface area contributed by atoms with Crippen molar-refractivity contribution >= 4 is 40.3 Å². The number of hydrogen-bond donors (Lipinski definition) is 2. The van der Waals surface area contributed by atoms with Gasteiger partial charge in [-0.3, -0.25) is 0 Å². The Balaban J connectivity index is 0.00000193. The maximum absolute atomic E-state index is 6.85. The van der Waals surface area contributed by atoms with Crippen molar-refractivity contribution in [2.45, 2.75) is 0 Å². The second-order valence-electron chi connectivity index (χ2n) is 7.17. The van der Waals surface area contributed by atoms with E-state index in [4.69, 9.17) is 39.7 Å². The summed E-state index contributed by atoms with van der Waals surface area (Å²) in [4.78, 5) is 6.78. The minimum atomic E-state index is 0. The topological polar surface area (TPSA) is 79.8 Å². The Morgan fingerprint density at radius 3 is 1.35 bits per heavy atom. The van der Waals surface area contributed by atoms with Crippen molar-refractivity contribution in [2.24, 2.45) is 0 Å². The van der Waals surface area contributed by atoms with Crippen LogP contribution in [0.5, 0.6) is 0 Å². The van der Waals surface area contributed by atoms with Gasteiger partial charge >= 0.3 is 11.6 Å². The van der Waals surface area contributed by atoms with E-state index in [-0.39, 0.29) is 37.2 Å². The lowest BCUT2D eigenvalue weighted by molar-refractivity contribution is -0.617. The van der Waals surface area contributed by atoms with Gasteiger partial charge in [0.2, 0.25) is 10.0 Å². The van der Waals surface area contributed by atoms with Crippen LogP contribution in [0.2, 0.25) is 10.0 Å². The first-order valence-electron chi connectivity index (χ1n) is 9.47. The molecule has 0 aliphatic heterocycles. The summed E-state index contributed by atoms with van der Waals surface area (Å²) < 4.78 is 5.48. The molecule has 12 heteroatoms. The zero-order valence-electron chi connectivity index (χ0n) is 18.2. The number of hydrogen-bond acceptors (Lipinski definition) is 4. The van der Waals surface area contributed by atoms with Gasteiger partial charge in [-0.25, -0.2) is 9.13 Å². The van der Waals surface area contributed by atoms with Gasteiger partial charge in [-0.2, -0.15) is 4.57 Å². The van der Waals surface area contributed by atoms with Gasteiger partial charge in [-0.15, -0.1) is 0 Å². The molecule has 34 heavy (non-hydrogen) atoms. The molecule has 0 saturated carbocycles. The van der Waals surface area contributed by atoms with E-state index < -0.39 is 0 Å². The Hall–Kier alpha value is -2.55. The van der Waals surface area contributed by atoms with E-state index in [1.54, 1.807) is 58.2 Å². The van der Waals surface area contributed by atoms with Gasteiger partial charge in [0.1, 0.15) is 0 Å². The zero-order chi connectivity index (χ0) is 22.1. The van der Waals surface area contributed by atoms with Crippen molar-refractivity contribution in [3.8, 4) is 17.3 Å². The number of rotatable bonds is 4. The van der Waals surface area contributed by atoms with E-state index in [9.17, 15) is 0 Å². The van der Waals surface area contributed by atoms with Crippen LogP contribution in [-0.4, -0.2) is 19.1 Å².